The van der Waals surface area contributed by atoms with Gasteiger partial charge in [0.15, 0.2) is 0 Å². The summed E-state index contributed by atoms with van der Waals surface area (Å²) < 4.78 is 0. The van der Waals surface area contributed by atoms with Gasteiger partial charge >= 0.3 is 0 Å². The van der Waals surface area contributed by atoms with Gasteiger partial charge in [-0.15, -0.1) is 11.8 Å². The van der Waals surface area contributed by atoms with Crippen molar-refractivity contribution in [3.8, 4) is 0 Å². The molecule has 0 radical (unpaired) electrons. The number of carbonyl (C=O) groups excluding carboxylic acids is 2. The molecule has 0 saturated heterocycles. The molecule has 2 amide bonds. The van der Waals surface area contributed by atoms with Gasteiger partial charge < -0.3 is 10.6 Å². The molecule has 2 aliphatic carbocycles. The summed E-state index contributed by atoms with van der Waals surface area (Å²) in [6.45, 7) is 1.49. The SMILES string of the molecule is CC(=O)Nc1ccc(SCC(=O)NC(C2CC2)C2CC2)cc1. The first-order chi connectivity index (χ1) is 10.6. The third kappa shape index (κ3) is 4.50. The number of hydrogen-bond donors (Lipinski definition) is 2. The molecular weight excluding hydrogens is 296 g/mol. The van der Waals surface area contributed by atoms with E-state index in [1.165, 1.54) is 44.4 Å². The van der Waals surface area contributed by atoms with Gasteiger partial charge in [0.1, 0.15) is 0 Å². The number of carbonyl (C=O) groups is 2. The van der Waals surface area contributed by atoms with Gasteiger partial charge in [-0.2, -0.15) is 0 Å². The number of anilines is 1. The second kappa shape index (κ2) is 6.73. The van der Waals surface area contributed by atoms with E-state index in [-0.39, 0.29) is 11.8 Å². The Kier molecular flexibility index (Phi) is 4.71. The van der Waals surface area contributed by atoms with Crippen LogP contribution in [0.1, 0.15) is 32.6 Å². The number of benzene rings is 1. The topological polar surface area (TPSA) is 58.2 Å². The maximum absolute atomic E-state index is 12.1. The quantitative estimate of drug-likeness (QED) is 0.760. The minimum Gasteiger partial charge on any atom is -0.352 e. The lowest BCUT2D eigenvalue weighted by molar-refractivity contribution is -0.119. The van der Waals surface area contributed by atoms with Gasteiger partial charge in [-0.1, -0.05) is 0 Å². The molecule has 0 atom stereocenters. The lowest BCUT2D eigenvalue weighted by Gasteiger charge is -2.17. The summed E-state index contributed by atoms with van der Waals surface area (Å²) in [6.07, 6.45) is 5.11. The van der Waals surface area contributed by atoms with E-state index in [9.17, 15) is 9.59 Å². The molecular formula is C17H22N2O2S. The van der Waals surface area contributed by atoms with Crippen LogP contribution in [0.4, 0.5) is 5.69 Å². The molecule has 118 valence electrons. The maximum Gasteiger partial charge on any atom is 0.230 e. The summed E-state index contributed by atoms with van der Waals surface area (Å²) in [6, 6.07) is 8.01. The van der Waals surface area contributed by atoms with E-state index in [1.54, 1.807) is 0 Å². The molecule has 4 nitrogen and oxygen atoms in total. The maximum atomic E-state index is 12.1. The fraction of sp³-hybridized carbons (Fsp3) is 0.529. The number of rotatable bonds is 7. The van der Waals surface area contributed by atoms with Gasteiger partial charge in [0, 0.05) is 23.5 Å². The van der Waals surface area contributed by atoms with Crippen LogP contribution in [0.15, 0.2) is 29.2 Å². The van der Waals surface area contributed by atoms with Crippen LogP contribution in [0.5, 0.6) is 0 Å². The largest absolute Gasteiger partial charge is 0.352 e. The molecule has 0 heterocycles. The predicted octanol–water partition coefficient (Wildman–Crippen LogP) is 3.04. The molecule has 3 rings (SSSR count). The number of thioether (sulfide) groups is 1. The smallest absolute Gasteiger partial charge is 0.230 e. The van der Waals surface area contributed by atoms with Gasteiger partial charge in [0.25, 0.3) is 0 Å². The van der Waals surface area contributed by atoms with Gasteiger partial charge in [0.2, 0.25) is 11.8 Å². The summed E-state index contributed by atoms with van der Waals surface area (Å²) in [4.78, 5) is 24.1. The van der Waals surface area contributed by atoms with Crippen LogP contribution in [0, 0.1) is 11.8 Å². The Hall–Kier alpha value is -1.49. The highest BCUT2D eigenvalue weighted by Gasteiger charge is 2.42. The van der Waals surface area contributed by atoms with E-state index < -0.39 is 0 Å². The fourth-order valence-electron chi connectivity index (χ4n) is 2.75. The average molecular weight is 318 g/mol. The Morgan fingerprint density at radius 3 is 2.23 bits per heavy atom. The third-order valence-corrected chi connectivity index (χ3v) is 5.14. The molecule has 0 aromatic heterocycles. The minimum atomic E-state index is -0.0778. The Bertz CT molecular complexity index is 538. The highest BCUT2D eigenvalue weighted by atomic mass is 32.2. The molecule has 1 aromatic carbocycles. The van der Waals surface area contributed by atoms with Crippen LogP contribution in [-0.2, 0) is 9.59 Å². The second-order valence-electron chi connectivity index (χ2n) is 6.26. The summed E-state index contributed by atoms with van der Waals surface area (Å²) in [7, 11) is 0. The van der Waals surface area contributed by atoms with Crippen LogP contribution >= 0.6 is 11.8 Å². The second-order valence-corrected chi connectivity index (χ2v) is 7.31. The van der Waals surface area contributed by atoms with Crippen molar-refractivity contribution in [2.24, 2.45) is 11.8 Å². The molecule has 22 heavy (non-hydrogen) atoms. The Balaban J connectivity index is 1.45. The summed E-state index contributed by atoms with van der Waals surface area (Å²) in [5, 5.41) is 5.97. The van der Waals surface area contributed by atoms with Gasteiger partial charge in [-0.05, 0) is 61.8 Å². The molecule has 1 aromatic rings. The van der Waals surface area contributed by atoms with Crippen molar-refractivity contribution in [1.29, 1.82) is 0 Å². The van der Waals surface area contributed by atoms with E-state index in [4.69, 9.17) is 0 Å². The fourth-order valence-corrected chi connectivity index (χ4v) is 3.46. The van der Waals surface area contributed by atoms with E-state index in [0.717, 1.165) is 22.4 Å². The Morgan fingerprint density at radius 1 is 1.14 bits per heavy atom. The average Bonchev–Trinajstić information content (AvgIpc) is 3.37. The first-order valence-corrected chi connectivity index (χ1v) is 8.90. The summed E-state index contributed by atoms with van der Waals surface area (Å²) in [5.41, 5.74) is 0.781. The van der Waals surface area contributed by atoms with E-state index >= 15 is 0 Å². The molecule has 2 saturated carbocycles. The number of hydrogen-bond acceptors (Lipinski definition) is 3. The van der Waals surface area contributed by atoms with Crippen molar-refractivity contribution >= 4 is 29.3 Å². The molecule has 0 aliphatic heterocycles. The minimum absolute atomic E-state index is 0.0778. The standard InChI is InChI=1S/C17H22N2O2S/c1-11(20)18-14-6-8-15(9-7-14)22-10-16(21)19-17(12-2-3-12)13-4-5-13/h6-9,12-13,17H,2-5,10H2,1H3,(H,18,20)(H,19,21). The third-order valence-electron chi connectivity index (χ3n) is 4.13. The van der Waals surface area contributed by atoms with Gasteiger partial charge in [0.05, 0.1) is 5.75 Å². The molecule has 5 heteroatoms. The van der Waals surface area contributed by atoms with Crippen LogP contribution in [0.2, 0.25) is 0 Å². The van der Waals surface area contributed by atoms with Crippen molar-refractivity contribution in [1.82, 2.24) is 5.32 Å². The van der Waals surface area contributed by atoms with Crippen LogP contribution < -0.4 is 10.6 Å². The van der Waals surface area contributed by atoms with E-state index in [1.807, 2.05) is 24.3 Å². The van der Waals surface area contributed by atoms with E-state index in [2.05, 4.69) is 10.6 Å². The zero-order chi connectivity index (χ0) is 15.5. The Labute approximate surface area is 135 Å². The van der Waals surface area contributed by atoms with Crippen molar-refractivity contribution in [3.63, 3.8) is 0 Å². The van der Waals surface area contributed by atoms with Crippen molar-refractivity contribution in [2.45, 2.75) is 43.5 Å². The van der Waals surface area contributed by atoms with Gasteiger partial charge in [-0.25, -0.2) is 0 Å². The zero-order valence-corrected chi connectivity index (χ0v) is 13.6. The number of nitrogens with one attached hydrogen (secondary N) is 2. The van der Waals surface area contributed by atoms with Crippen LogP contribution in [-0.4, -0.2) is 23.6 Å². The van der Waals surface area contributed by atoms with Crippen LogP contribution in [0.25, 0.3) is 0 Å². The van der Waals surface area contributed by atoms with Crippen molar-refractivity contribution in [3.05, 3.63) is 24.3 Å². The van der Waals surface area contributed by atoms with Crippen LogP contribution in [0.3, 0.4) is 0 Å². The molecule has 2 fully saturated rings. The lowest BCUT2D eigenvalue weighted by Crippen LogP contribution is -2.39. The molecule has 0 spiro atoms. The molecule has 2 N–H and O–H groups in total. The van der Waals surface area contributed by atoms with Gasteiger partial charge in [-0.3, -0.25) is 9.59 Å². The lowest BCUT2D eigenvalue weighted by atomic mass is 10.1. The highest BCUT2D eigenvalue weighted by molar-refractivity contribution is 8.00. The highest BCUT2D eigenvalue weighted by Crippen LogP contribution is 2.44. The van der Waals surface area contributed by atoms with Crippen molar-refractivity contribution in [2.75, 3.05) is 11.1 Å². The Morgan fingerprint density at radius 2 is 1.73 bits per heavy atom. The van der Waals surface area contributed by atoms with Crippen molar-refractivity contribution < 1.29 is 9.59 Å². The summed E-state index contributed by atoms with van der Waals surface area (Å²) >= 11 is 1.54. The monoisotopic (exact) mass is 318 g/mol. The summed E-state index contributed by atoms with van der Waals surface area (Å²) in [5.74, 6) is 1.98. The molecule has 2 aliphatic rings. The first-order valence-electron chi connectivity index (χ1n) is 7.91. The zero-order valence-electron chi connectivity index (χ0n) is 12.8. The number of amides is 2. The first kappa shape index (κ1) is 15.4. The normalized spacial score (nSPS) is 17.4. The molecule has 0 bridgehead atoms. The molecule has 0 unspecified atom stereocenters. The van der Waals surface area contributed by atoms with E-state index in [0.29, 0.717) is 11.8 Å². The predicted molar refractivity (Wildman–Crippen MR) is 88.8 cm³/mol.